The number of Topliss-reactive ketones (excluding diaryl/α,β-unsaturated/α-hetero) is 1. The maximum Gasteiger partial charge on any atom is 0.134 e. The summed E-state index contributed by atoms with van der Waals surface area (Å²) in [5.41, 5.74) is 5.67. The third-order valence-electron chi connectivity index (χ3n) is 2.02. The van der Waals surface area contributed by atoms with Gasteiger partial charge in [0.1, 0.15) is 5.78 Å². The van der Waals surface area contributed by atoms with Crippen LogP contribution in [-0.4, -0.2) is 11.8 Å². The lowest BCUT2D eigenvalue weighted by molar-refractivity contribution is -0.119. The van der Waals surface area contributed by atoms with Gasteiger partial charge in [-0.05, 0) is 12.8 Å². The first-order valence-corrected chi connectivity index (χ1v) is 4.06. The fourth-order valence-corrected chi connectivity index (χ4v) is 1.40. The number of hydrogen-bond donors (Lipinski definition) is 1. The lowest BCUT2D eigenvalue weighted by Gasteiger charge is -2.13. The molecule has 2 nitrogen and oxygen atoms in total. The van der Waals surface area contributed by atoms with Crippen molar-refractivity contribution in [3.05, 3.63) is 0 Å². The molecule has 0 heterocycles. The quantitative estimate of drug-likeness (QED) is 0.551. The molecule has 1 saturated carbocycles. The third-order valence-corrected chi connectivity index (χ3v) is 2.02. The standard InChI is InChI=1S/C8H15NO/c9-7-4-2-1-3-5-8(10)6-7/h7H,1-6,9H2. The van der Waals surface area contributed by atoms with Gasteiger partial charge in [0.15, 0.2) is 0 Å². The van der Waals surface area contributed by atoms with Crippen LogP contribution in [0.3, 0.4) is 0 Å². The number of carbonyl (C=O) groups is 1. The maximum absolute atomic E-state index is 11.0. The molecule has 10 heavy (non-hydrogen) atoms. The summed E-state index contributed by atoms with van der Waals surface area (Å²) >= 11 is 0. The molecule has 0 aromatic carbocycles. The van der Waals surface area contributed by atoms with Crippen LogP contribution in [0.2, 0.25) is 0 Å². The fourth-order valence-electron chi connectivity index (χ4n) is 1.40. The molecular weight excluding hydrogens is 126 g/mol. The number of ketones is 1. The van der Waals surface area contributed by atoms with Crippen LogP contribution in [0.5, 0.6) is 0 Å². The zero-order valence-corrected chi connectivity index (χ0v) is 6.31. The Labute approximate surface area is 61.8 Å². The first-order valence-electron chi connectivity index (χ1n) is 4.06. The SMILES string of the molecule is NC1CCCCCC(=O)C1. The Hall–Kier alpha value is -0.370. The van der Waals surface area contributed by atoms with E-state index in [2.05, 4.69) is 0 Å². The van der Waals surface area contributed by atoms with Crippen molar-refractivity contribution < 1.29 is 4.79 Å². The molecule has 58 valence electrons. The molecule has 0 aromatic rings. The highest BCUT2D eigenvalue weighted by molar-refractivity contribution is 5.78. The summed E-state index contributed by atoms with van der Waals surface area (Å²) in [4.78, 5) is 11.0. The monoisotopic (exact) mass is 141 g/mol. The molecule has 0 aliphatic heterocycles. The van der Waals surface area contributed by atoms with Crippen LogP contribution in [-0.2, 0) is 4.79 Å². The summed E-state index contributed by atoms with van der Waals surface area (Å²) in [7, 11) is 0. The highest BCUT2D eigenvalue weighted by atomic mass is 16.1. The number of nitrogens with two attached hydrogens (primary N) is 1. The van der Waals surface area contributed by atoms with E-state index in [1.165, 1.54) is 12.8 Å². The van der Waals surface area contributed by atoms with Gasteiger partial charge in [0.05, 0.1) is 0 Å². The largest absolute Gasteiger partial charge is 0.327 e. The maximum atomic E-state index is 11.0. The molecule has 1 atom stereocenters. The Bertz CT molecular complexity index is 122. The van der Waals surface area contributed by atoms with Gasteiger partial charge in [-0.1, -0.05) is 12.8 Å². The minimum atomic E-state index is 0.146. The van der Waals surface area contributed by atoms with E-state index in [9.17, 15) is 4.79 Å². The molecule has 1 aliphatic rings. The molecule has 0 spiro atoms. The van der Waals surface area contributed by atoms with Gasteiger partial charge in [0.25, 0.3) is 0 Å². The molecule has 0 amide bonds. The van der Waals surface area contributed by atoms with Crippen LogP contribution in [0.15, 0.2) is 0 Å². The van der Waals surface area contributed by atoms with Crippen molar-refractivity contribution in [3.8, 4) is 0 Å². The first kappa shape index (κ1) is 7.73. The highest BCUT2D eigenvalue weighted by Gasteiger charge is 2.11. The van der Waals surface area contributed by atoms with E-state index in [1.54, 1.807) is 0 Å². The van der Waals surface area contributed by atoms with Crippen molar-refractivity contribution in [2.24, 2.45) is 5.73 Å². The van der Waals surface area contributed by atoms with E-state index in [4.69, 9.17) is 5.73 Å². The average Bonchev–Trinajstić information content (AvgIpc) is 1.83. The molecule has 1 fully saturated rings. The second kappa shape index (κ2) is 3.71. The molecule has 1 rings (SSSR count). The van der Waals surface area contributed by atoms with Gasteiger partial charge in [-0.25, -0.2) is 0 Å². The highest BCUT2D eigenvalue weighted by Crippen LogP contribution is 2.12. The van der Waals surface area contributed by atoms with Crippen LogP contribution in [0.25, 0.3) is 0 Å². The minimum Gasteiger partial charge on any atom is -0.327 e. The van der Waals surface area contributed by atoms with Crippen molar-refractivity contribution in [2.75, 3.05) is 0 Å². The van der Waals surface area contributed by atoms with E-state index < -0.39 is 0 Å². The Morgan fingerprint density at radius 2 is 2.10 bits per heavy atom. The Morgan fingerprint density at radius 1 is 1.30 bits per heavy atom. The summed E-state index contributed by atoms with van der Waals surface area (Å²) in [6.45, 7) is 0. The lowest BCUT2D eigenvalue weighted by Crippen LogP contribution is -2.24. The zero-order valence-electron chi connectivity index (χ0n) is 6.31. The van der Waals surface area contributed by atoms with E-state index in [1.807, 2.05) is 0 Å². The number of carbonyl (C=O) groups excluding carboxylic acids is 1. The predicted molar refractivity (Wildman–Crippen MR) is 40.7 cm³/mol. The number of rotatable bonds is 0. The van der Waals surface area contributed by atoms with Gasteiger partial charge in [-0.3, -0.25) is 4.79 Å². The van der Waals surface area contributed by atoms with Crippen LogP contribution in [0, 0.1) is 0 Å². The van der Waals surface area contributed by atoms with Crippen LogP contribution < -0.4 is 5.73 Å². The van der Waals surface area contributed by atoms with Gasteiger partial charge < -0.3 is 5.73 Å². The molecule has 0 radical (unpaired) electrons. The van der Waals surface area contributed by atoms with E-state index >= 15 is 0 Å². The third kappa shape index (κ3) is 2.48. The molecule has 0 aromatic heterocycles. The second-order valence-electron chi connectivity index (χ2n) is 3.10. The molecule has 2 N–H and O–H groups in total. The van der Waals surface area contributed by atoms with Gasteiger partial charge in [-0.2, -0.15) is 0 Å². The molecule has 0 bridgehead atoms. The van der Waals surface area contributed by atoms with Gasteiger partial charge in [-0.15, -0.1) is 0 Å². The van der Waals surface area contributed by atoms with Gasteiger partial charge in [0, 0.05) is 18.9 Å². The summed E-state index contributed by atoms with van der Waals surface area (Å²) in [5, 5.41) is 0. The first-order chi connectivity index (χ1) is 4.79. The number of hydrogen-bond acceptors (Lipinski definition) is 2. The van der Waals surface area contributed by atoms with Crippen molar-refractivity contribution in [3.63, 3.8) is 0 Å². The normalized spacial score (nSPS) is 29.3. The molecule has 1 unspecified atom stereocenters. The molecule has 2 heteroatoms. The topological polar surface area (TPSA) is 43.1 Å². The Morgan fingerprint density at radius 3 is 2.90 bits per heavy atom. The van der Waals surface area contributed by atoms with E-state index in [-0.39, 0.29) is 6.04 Å². The van der Waals surface area contributed by atoms with Crippen LogP contribution in [0.1, 0.15) is 38.5 Å². The van der Waals surface area contributed by atoms with E-state index in [0.29, 0.717) is 12.2 Å². The second-order valence-corrected chi connectivity index (χ2v) is 3.10. The molecular formula is C8H15NO. The lowest BCUT2D eigenvalue weighted by atomic mass is 9.97. The Kier molecular flexibility index (Phi) is 2.87. The molecule has 1 aliphatic carbocycles. The Balaban J connectivity index is 2.32. The van der Waals surface area contributed by atoms with Gasteiger partial charge >= 0.3 is 0 Å². The fraction of sp³-hybridized carbons (Fsp3) is 0.875. The smallest absolute Gasteiger partial charge is 0.134 e. The predicted octanol–water partition coefficient (Wildman–Crippen LogP) is 1.24. The van der Waals surface area contributed by atoms with Crippen molar-refractivity contribution in [1.29, 1.82) is 0 Å². The summed E-state index contributed by atoms with van der Waals surface area (Å²) in [6.07, 6.45) is 5.86. The van der Waals surface area contributed by atoms with Crippen molar-refractivity contribution in [2.45, 2.75) is 44.6 Å². The average molecular weight is 141 g/mol. The summed E-state index contributed by atoms with van der Waals surface area (Å²) < 4.78 is 0. The minimum absolute atomic E-state index is 0.146. The van der Waals surface area contributed by atoms with Crippen LogP contribution >= 0.6 is 0 Å². The zero-order chi connectivity index (χ0) is 7.40. The summed E-state index contributed by atoms with van der Waals surface area (Å²) in [5.74, 6) is 0.354. The van der Waals surface area contributed by atoms with E-state index in [0.717, 1.165) is 19.3 Å². The summed E-state index contributed by atoms with van der Waals surface area (Å²) in [6, 6.07) is 0.146. The van der Waals surface area contributed by atoms with Crippen molar-refractivity contribution in [1.82, 2.24) is 0 Å². The van der Waals surface area contributed by atoms with Gasteiger partial charge in [0.2, 0.25) is 0 Å². The van der Waals surface area contributed by atoms with Crippen LogP contribution in [0.4, 0.5) is 0 Å². The van der Waals surface area contributed by atoms with Crippen molar-refractivity contribution >= 4 is 5.78 Å². The molecule has 0 saturated heterocycles.